The van der Waals surface area contributed by atoms with E-state index >= 15 is 0 Å². The van der Waals surface area contributed by atoms with E-state index in [9.17, 15) is 9.59 Å². The van der Waals surface area contributed by atoms with Crippen molar-refractivity contribution in [2.24, 2.45) is 0 Å². The smallest absolute Gasteiger partial charge is 0.305 e. The maximum Gasteiger partial charge on any atom is 0.305 e. The number of ether oxygens (including phenoxy) is 1. The molecule has 0 aromatic heterocycles. The van der Waals surface area contributed by atoms with Gasteiger partial charge in [0.05, 0.1) is 6.61 Å². The van der Waals surface area contributed by atoms with Gasteiger partial charge in [0.1, 0.15) is 0 Å². The molecule has 2 rings (SSSR count). The van der Waals surface area contributed by atoms with Crippen molar-refractivity contribution in [3.63, 3.8) is 0 Å². The third-order valence-corrected chi connectivity index (χ3v) is 3.37. The first kappa shape index (κ1) is 16.7. The average Bonchev–Trinajstić information content (AvgIpc) is 2.56. The van der Waals surface area contributed by atoms with Gasteiger partial charge in [-0.05, 0) is 36.6 Å². The lowest BCUT2D eigenvalue weighted by atomic mass is 10.1. The molecule has 23 heavy (non-hydrogen) atoms. The zero-order valence-electron chi connectivity index (χ0n) is 13.2. The number of carbonyl (C=O) groups excluding carboxylic acids is 2. The highest BCUT2D eigenvalue weighted by atomic mass is 16.5. The summed E-state index contributed by atoms with van der Waals surface area (Å²) in [6, 6.07) is 17.8. The van der Waals surface area contributed by atoms with Crippen LogP contribution in [0.4, 0.5) is 5.69 Å². The Morgan fingerprint density at radius 2 is 1.57 bits per heavy atom. The van der Waals surface area contributed by atoms with Crippen molar-refractivity contribution in [3.05, 3.63) is 54.6 Å². The molecule has 2 aromatic carbocycles. The minimum absolute atomic E-state index is 0.0956. The molecule has 4 nitrogen and oxygen atoms in total. The maximum atomic E-state index is 11.8. The number of amides is 1. The van der Waals surface area contributed by atoms with Gasteiger partial charge in [-0.25, -0.2) is 0 Å². The molecule has 1 amide bonds. The summed E-state index contributed by atoms with van der Waals surface area (Å²) >= 11 is 0. The van der Waals surface area contributed by atoms with Crippen LogP contribution in [0.25, 0.3) is 11.1 Å². The number of nitrogens with one attached hydrogen (secondary N) is 1. The van der Waals surface area contributed by atoms with Crippen molar-refractivity contribution in [2.45, 2.75) is 26.2 Å². The number of benzene rings is 2. The van der Waals surface area contributed by atoms with Crippen LogP contribution in [0, 0.1) is 0 Å². The monoisotopic (exact) mass is 311 g/mol. The van der Waals surface area contributed by atoms with Crippen molar-refractivity contribution in [1.82, 2.24) is 0 Å². The quantitative estimate of drug-likeness (QED) is 0.786. The first-order chi connectivity index (χ1) is 11.2. The third-order valence-electron chi connectivity index (χ3n) is 3.37. The molecule has 120 valence electrons. The predicted molar refractivity (Wildman–Crippen MR) is 91.0 cm³/mol. The summed E-state index contributed by atoms with van der Waals surface area (Å²) < 4.78 is 4.83. The molecule has 0 atom stereocenters. The van der Waals surface area contributed by atoms with Gasteiger partial charge in [0.25, 0.3) is 0 Å². The van der Waals surface area contributed by atoms with Crippen LogP contribution in [0.3, 0.4) is 0 Å². The summed E-state index contributed by atoms with van der Waals surface area (Å²) in [4.78, 5) is 23.0. The molecule has 1 N–H and O–H groups in total. The van der Waals surface area contributed by atoms with Crippen LogP contribution in [0.15, 0.2) is 54.6 Å². The van der Waals surface area contributed by atoms with E-state index in [1.807, 2.05) is 54.6 Å². The summed E-state index contributed by atoms with van der Waals surface area (Å²) in [6.07, 6.45) is 1.07. The standard InChI is InChI=1S/C19H21NO3/c1-2-23-19(22)10-6-9-18(21)20-17-13-11-16(12-14-17)15-7-4-3-5-8-15/h3-5,7-8,11-14H,2,6,9-10H2,1H3,(H,20,21). The van der Waals surface area contributed by atoms with E-state index in [2.05, 4.69) is 5.32 Å². The van der Waals surface area contributed by atoms with E-state index < -0.39 is 0 Å². The van der Waals surface area contributed by atoms with E-state index in [0.29, 0.717) is 19.4 Å². The molecule has 0 spiro atoms. The van der Waals surface area contributed by atoms with E-state index in [1.165, 1.54) is 0 Å². The molecule has 2 aromatic rings. The number of hydrogen-bond acceptors (Lipinski definition) is 3. The zero-order chi connectivity index (χ0) is 16.5. The highest BCUT2D eigenvalue weighted by molar-refractivity contribution is 5.91. The maximum absolute atomic E-state index is 11.8. The van der Waals surface area contributed by atoms with Gasteiger partial charge >= 0.3 is 5.97 Å². The Labute approximate surface area is 136 Å². The Kier molecular flexibility index (Phi) is 6.36. The number of hydrogen-bond donors (Lipinski definition) is 1. The highest BCUT2D eigenvalue weighted by Crippen LogP contribution is 2.21. The first-order valence-electron chi connectivity index (χ1n) is 7.80. The van der Waals surface area contributed by atoms with E-state index in [-0.39, 0.29) is 18.3 Å². The van der Waals surface area contributed by atoms with Crippen molar-refractivity contribution in [2.75, 3.05) is 11.9 Å². The summed E-state index contributed by atoms with van der Waals surface area (Å²) in [7, 11) is 0. The SMILES string of the molecule is CCOC(=O)CCCC(=O)Nc1ccc(-c2ccccc2)cc1. The van der Waals surface area contributed by atoms with Crippen molar-refractivity contribution in [3.8, 4) is 11.1 Å². The lowest BCUT2D eigenvalue weighted by Gasteiger charge is -2.07. The fourth-order valence-corrected chi connectivity index (χ4v) is 2.23. The van der Waals surface area contributed by atoms with Crippen LogP contribution >= 0.6 is 0 Å². The van der Waals surface area contributed by atoms with Gasteiger partial charge in [-0.3, -0.25) is 9.59 Å². The van der Waals surface area contributed by atoms with Gasteiger partial charge < -0.3 is 10.1 Å². The zero-order valence-corrected chi connectivity index (χ0v) is 13.2. The van der Waals surface area contributed by atoms with Gasteiger partial charge in [0.15, 0.2) is 0 Å². The largest absolute Gasteiger partial charge is 0.466 e. The minimum atomic E-state index is -0.257. The van der Waals surface area contributed by atoms with E-state index in [1.54, 1.807) is 6.92 Å². The molecule has 0 aliphatic heterocycles. The predicted octanol–water partition coefficient (Wildman–Crippen LogP) is 4.03. The molecule has 0 unspecified atom stereocenters. The van der Waals surface area contributed by atoms with Gasteiger partial charge in [-0.1, -0.05) is 42.5 Å². The van der Waals surface area contributed by atoms with Crippen molar-refractivity contribution < 1.29 is 14.3 Å². The Balaban J connectivity index is 1.81. The van der Waals surface area contributed by atoms with E-state index in [0.717, 1.165) is 16.8 Å². The Morgan fingerprint density at radius 3 is 2.22 bits per heavy atom. The molecule has 0 heterocycles. The molecule has 0 bridgehead atoms. The second kappa shape index (κ2) is 8.73. The summed E-state index contributed by atoms with van der Waals surface area (Å²) in [6.45, 7) is 2.14. The van der Waals surface area contributed by atoms with Crippen LogP contribution < -0.4 is 5.32 Å². The lowest BCUT2D eigenvalue weighted by molar-refractivity contribution is -0.143. The molecule has 0 aliphatic rings. The van der Waals surface area contributed by atoms with E-state index in [4.69, 9.17) is 4.74 Å². The van der Waals surface area contributed by atoms with Gasteiger partial charge in [-0.2, -0.15) is 0 Å². The fraction of sp³-hybridized carbons (Fsp3) is 0.263. The number of anilines is 1. The van der Waals surface area contributed by atoms with Crippen LogP contribution in [0.2, 0.25) is 0 Å². The van der Waals surface area contributed by atoms with Crippen LogP contribution in [-0.2, 0) is 14.3 Å². The summed E-state index contributed by atoms with van der Waals surface area (Å²) in [5.74, 6) is -0.353. The topological polar surface area (TPSA) is 55.4 Å². The van der Waals surface area contributed by atoms with Crippen molar-refractivity contribution >= 4 is 17.6 Å². The molecular formula is C19H21NO3. The first-order valence-corrected chi connectivity index (χ1v) is 7.80. The summed E-state index contributed by atoms with van der Waals surface area (Å²) in [5, 5.41) is 2.84. The number of rotatable bonds is 7. The van der Waals surface area contributed by atoms with Gasteiger partial charge in [-0.15, -0.1) is 0 Å². The number of carbonyl (C=O) groups is 2. The van der Waals surface area contributed by atoms with Crippen LogP contribution in [0.1, 0.15) is 26.2 Å². The van der Waals surface area contributed by atoms with Crippen LogP contribution in [-0.4, -0.2) is 18.5 Å². The van der Waals surface area contributed by atoms with Gasteiger partial charge in [0.2, 0.25) is 5.91 Å². The second-order valence-corrected chi connectivity index (χ2v) is 5.15. The minimum Gasteiger partial charge on any atom is -0.466 e. The Hall–Kier alpha value is -2.62. The van der Waals surface area contributed by atoms with Crippen LogP contribution in [0.5, 0.6) is 0 Å². The molecule has 0 aliphatic carbocycles. The Bertz CT molecular complexity index is 635. The fourth-order valence-electron chi connectivity index (χ4n) is 2.23. The molecular weight excluding hydrogens is 290 g/mol. The molecule has 4 heteroatoms. The lowest BCUT2D eigenvalue weighted by Crippen LogP contribution is -2.12. The molecule has 0 radical (unpaired) electrons. The normalized spacial score (nSPS) is 10.1. The Morgan fingerprint density at radius 1 is 0.913 bits per heavy atom. The third kappa shape index (κ3) is 5.58. The second-order valence-electron chi connectivity index (χ2n) is 5.15. The summed E-state index contributed by atoms with van der Waals surface area (Å²) in [5.41, 5.74) is 3.00. The number of esters is 1. The molecule has 0 fully saturated rings. The average molecular weight is 311 g/mol. The molecule has 0 saturated carbocycles. The van der Waals surface area contributed by atoms with Gasteiger partial charge in [0, 0.05) is 18.5 Å². The molecule has 0 saturated heterocycles. The van der Waals surface area contributed by atoms with Crippen molar-refractivity contribution in [1.29, 1.82) is 0 Å². The highest BCUT2D eigenvalue weighted by Gasteiger charge is 2.06.